The van der Waals surface area contributed by atoms with E-state index in [0.717, 1.165) is 11.3 Å². The minimum atomic E-state index is -0.367. The third kappa shape index (κ3) is 3.65. The topological polar surface area (TPSA) is 64.0 Å². The van der Waals surface area contributed by atoms with E-state index in [1.807, 2.05) is 48.9 Å². The van der Waals surface area contributed by atoms with Crippen molar-refractivity contribution in [3.63, 3.8) is 0 Å². The van der Waals surface area contributed by atoms with Crippen LogP contribution in [0.1, 0.15) is 28.5 Å². The average molecular weight is 367 g/mol. The number of rotatable bonds is 5. The fraction of sp³-hybridized carbons (Fsp3) is 0.250. The maximum atomic E-state index is 12.7. The van der Waals surface area contributed by atoms with Crippen molar-refractivity contribution in [3.05, 3.63) is 69.6 Å². The van der Waals surface area contributed by atoms with Gasteiger partial charge in [0.1, 0.15) is 11.2 Å². The quantitative estimate of drug-likeness (QED) is 0.702. The number of aryl methyl sites for hydroxylation is 2. The van der Waals surface area contributed by atoms with E-state index in [0.29, 0.717) is 24.1 Å². The molecule has 0 saturated carbocycles. The first-order valence-corrected chi connectivity index (χ1v) is 9.68. The molecule has 2 heterocycles. The second-order valence-electron chi connectivity index (χ2n) is 6.01. The van der Waals surface area contributed by atoms with Gasteiger partial charge in [-0.25, -0.2) is 4.98 Å². The Morgan fingerprint density at radius 1 is 1.19 bits per heavy atom. The highest BCUT2D eigenvalue weighted by Crippen LogP contribution is 2.15. The number of nitrogens with one attached hydrogen (secondary N) is 1. The molecule has 0 atom stereocenters. The number of thioether (sulfide) groups is 1. The van der Waals surface area contributed by atoms with Crippen LogP contribution in [0.25, 0.3) is 11.0 Å². The third-order valence-electron chi connectivity index (χ3n) is 4.26. The first-order chi connectivity index (χ1) is 12.5. The second-order valence-corrected chi connectivity index (χ2v) is 6.89. The molecule has 26 heavy (non-hydrogen) atoms. The summed E-state index contributed by atoms with van der Waals surface area (Å²) in [6.07, 6.45) is 3.62. The molecule has 134 valence electrons. The molecule has 2 aromatic heterocycles. The van der Waals surface area contributed by atoms with Gasteiger partial charge >= 0.3 is 0 Å². The molecule has 0 spiro atoms. The molecule has 5 nitrogen and oxygen atoms in total. The molecule has 3 aromatic rings. The van der Waals surface area contributed by atoms with Gasteiger partial charge in [0.15, 0.2) is 0 Å². The first kappa shape index (κ1) is 18.2. The molecular formula is C20H21N3O2S. The molecule has 0 saturated heterocycles. The average Bonchev–Trinajstić information content (AvgIpc) is 2.66. The summed E-state index contributed by atoms with van der Waals surface area (Å²) >= 11 is 1.67. The molecule has 1 amide bonds. The van der Waals surface area contributed by atoms with E-state index >= 15 is 0 Å². The zero-order valence-corrected chi connectivity index (χ0v) is 15.9. The van der Waals surface area contributed by atoms with Gasteiger partial charge in [-0.2, -0.15) is 0 Å². The summed E-state index contributed by atoms with van der Waals surface area (Å²) < 4.78 is 1.84. The number of benzene rings is 1. The normalized spacial score (nSPS) is 10.9. The predicted molar refractivity (Wildman–Crippen MR) is 106 cm³/mol. The van der Waals surface area contributed by atoms with Crippen molar-refractivity contribution in [1.82, 2.24) is 14.9 Å². The van der Waals surface area contributed by atoms with Crippen LogP contribution in [0, 0.1) is 6.92 Å². The Bertz CT molecular complexity index is 1010. The van der Waals surface area contributed by atoms with Gasteiger partial charge < -0.3 is 9.88 Å². The number of hydrogen-bond donors (Lipinski definition) is 1. The SMILES string of the molecule is CCn1cc(C(=O)NCc2ccc(SC)cc2)c(=O)c2ccc(C)nc21. The van der Waals surface area contributed by atoms with Crippen molar-refractivity contribution in [2.75, 3.05) is 6.26 Å². The van der Waals surface area contributed by atoms with Crippen LogP contribution < -0.4 is 10.7 Å². The molecule has 0 aliphatic rings. The van der Waals surface area contributed by atoms with Gasteiger partial charge in [0, 0.05) is 29.9 Å². The monoisotopic (exact) mass is 367 g/mol. The molecule has 0 bridgehead atoms. The lowest BCUT2D eigenvalue weighted by Crippen LogP contribution is -2.29. The van der Waals surface area contributed by atoms with Gasteiger partial charge in [0.05, 0.1) is 5.39 Å². The van der Waals surface area contributed by atoms with Crippen LogP contribution in [-0.2, 0) is 13.1 Å². The predicted octanol–water partition coefficient (Wildman–Crippen LogP) is 3.38. The zero-order valence-electron chi connectivity index (χ0n) is 15.1. The Hall–Kier alpha value is -2.60. The van der Waals surface area contributed by atoms with Crippen LogP contribution >= 0.6 is 11.8 Å². The Balaban J connectivity index is 1.89. The van der Waals surface area contributed by atoms with Gasteiger partial charge in [0.25, 0.3) is 5.91 Å². The molecule has 6 heteroatoms. The van der Waals surface area contributed by atoms with Gasteiger partial charge in [0.2, 0.25) is 5.43 Å². The number of hydrogen-bond acceptors (Lipinski definition) is 4. The lowest BCUT2D eigenvalue weighted by Gasteiger charge is -2.11. The van der Waals surface area contributed by atoms with E-state index in [-0.39, 0.29) is 16.9 Å². The summed E-state index contributed by atoms with van der Waals surface area (Å²) in [6, 6.07) is 11.5. The molecule has 0 fully saturated rings. The smallest absolute Gasteiger partial charge is 0.257 e. The number of amides is 1. The fourth-order valence-corrected chi connectivity index (χ4v) is 3.19. The molecule has 0 aliphatic carbocycles. The summed E-state index contributed by atoms with van der Waals surface area (Å²) in [6.45, 7) is 4.85. The van der Waals surface area contributed by atoms with Gasteiger partial charge in [-0.15, -0.1) is 11.8 Å². The summed E-state index contributed by atoms with van der Waals surface area (Å²) in [5.41, 5.74) is 2.30. The van der Waals surface area contributed by atoms with E-state index in [4.69, 9.17) is 0 Å². The Labute approximate surface area is 156 Å². The summed E-state index contributed by atoms with van der Waals surface area (Å²) in [5, 5.41) is 3.31. The van der Waals surface area contributed by atoms with Crippen molar-refractivity contribution >= 4 is 28.7 Å². The standard InChI is InChI=1S/C20H21N3O2S/c1-4-23-12-17(18(24)16-10-5-13(2)22-19(16)23)20(25)21-11-14-6-8-15(26-3)9-7-14/h5-10,12H,4,11H2,1-3H3,(H,21,25). The molecule has 0 aliphatic heterocycles. The highest BCUT2D eigenvalue weighted by Gasteiger charge is 2.15. The van der Waals surface area contributed by atoms with Gasteiger partial charge in [-0.05, 0) is 49.9 Å². The summed E-state index contributed by atoms with van der Waals surface area (Å²) in [4.78, 5) is 30.9. The third-order valence-corrected chi connectivity index (χ3v) is 5.00. The van der Waals surface area contributed by atoms with Crippen molar-refractivity contribution in [3.8, 4) is 0 Å². The first-order valence-electron chi connectivity index (χ1n) is 8.45. The van der Waals surface area contributed by atoms with Crippen molar-refractivity contribution in [2.45, 2.75) is 31.8 Å². The number of carbonyl (C=O) groups excluding carboxylic acids is 1. The fourth-order valence-electron chi connectivity index (χ4n) is 2.78. The van der Waals surface area contributed by atoms with E-state index in [9.17, 15) is 9.59 Å². The highest BCUT2D eigenvalue weighted by atomic mass is 32.2. The van der Waals surface area contributed by atoms with E-state index < -0.39 is 0 Å². The molecular weight excluding hydrogens is 346 g/mol. The molecule has 1 N–H and O–H groups in total. The van der Waals surface area contributed by atoms with Crippen LogP contribution in [0.3, 0.4) is 0 Å². The Kier molecular flexibility index (Phi) is 5.42. The van der Waals surface area contributed by atoms with E-state index in [1.54, 1.807) is 30.1 Å². The molecule has 0 radical (unpaired) electrons. The van der Waals surface area contributed by atoms with Crippen LogP contribution in [0.15, 0.2) is 52.3 Å². The number of pyridine rings is 2. The summed E-state index contributed by atoms with van der Waals surface area (Å²) in [7, 11) is 0. The molecule has 3 rings (SSSR count). The Morgan fingerprint density at radius 3 is 2.58 bits per heavy atom. The maximum Gasteiger partial charge on any atom is 0.257 e. The zero-order chi connectivity index (χ0) is 18.7. The van der Waals surface area contributed by atoms with Crippen molar-refractivity contribution in [1.29, 1.82) is 0 Å². The van der Waals surface area contributed by atoms with E-state index in [2.05, 4.69) is 10.3 Å². The molecule has 1 aromatic carbocycles. The second kappa shape index (κ2) is 7.74. The van der Waals surface area contributed by atoms with Crippen LogP contribution in [0.2, 0.25) is 0 Å². The number of fused-ring (bicyclic) bond motifs is 1. The number of carbonyl (C=O) groups is 1. The summed E-state index contributed by atoms with van der Waals surface area (Å²) in [5.74, 6) is -0.367. The van der Waals surface area contributed by atoms with Gasteiger partial charge in [-0.1, -0.05) is 12.1 Å². The maximum absolute atomic E-state index is 12.7. The lowest BCUT2D eigenvalue weighted by molar-refractivity contribution is 0.0949. The largest absolute Gasteiger partial charge is 0.348 e. The lowest BCUT2D eigenvalue weighted by atomic mass is 10.1. The Morgan fingerprint density at radius 2 is 1.92 bits per heavy atom. The van der Waals surface area contributed by atoms with Crippen LogP contribution in [-0.4, -0.2) is 21.7 Å². The van der Waals surface area contributed by atoms with Crippen molar-refractivity contribution in [2.24, 2.45) is 0 Å². The highest BCUT2D eigenvalue weighted by molar-refractivity contribution is 7.98. The minimum Gasteiger partial charge on any atom is -0.348 e. The minimum absolute atomic E-state index is 0.144. The van der Waals surface area contributed by atoms with Crippen LogP contribution in [0.4, 0.5) is 0 Å². The molecule has 0 unspecified atom stereocenters. The van der Waals surface area contributed by atoms with Crippen molar-refractivity contribution < 1.29 is 4.79 Å². The van der Waals surface area contributed by atoms with Gasteiger partial charge in [-0.3, -0.25) is 9.59 Å². The number of nitrogens with zero attached hydrogens (tertiary/aromatic N) is 2. The number of aromatic nitrogens is 2. The van der Waals surface area contributed by atoms with Crippen LogP contribution in [0.5, 0.6) is 0 Å². The van der Waals surface area contributed by atoms with E-state index in [1.165, 1.54) is 4.90 Å².